The number of rotatable bonds is 0. The molecule has 0 rings (SSSR count). The molecule has 0 aliphatic heterocycles. The van der Waals surface area contributed by atoms with E-state index < -0.39 is 9.05 Å². The minimum atomic E-state index is -5.61. The molecule has 0 unspecified atom stereocenters. The van der Waals surface area contributed by atoms with Crippen LogP contribution in [-0.2, 0) is 0 Å². The van der Waals surface area contributed by atoms with Gasteiger partial charge in [-0.25, -0.2) is 0 Å². The van der Waals surface area contributed by atoms with Gasteiger partial charge in [0.15, 0.2) is 0 Å². The van der Waals surface area contributed by atoms with Gasteiger partial charge in [0, 0.05) is 0 Å². The van der Waals surface area contributed by atoms with Gasteiger partial charge in [-0.15, -0.1) is 0 Å². The smallest absolute Gasteiger partial charge is 1.00 e. The van der Waals surface area contributed by atoms with Crippen LogP contribution < -0.4 is 19.2 Å². The van der Waals surface area contributed by atoms with Crippen molar-refractivity contribution in [2.24, 2.45) is 0 Å². The average molecular weight is 225 g/mol. The molecule has 0 aromatic carbocycles. The average Bonchev–Trinajstić information content (AvgIpc) is 0.722. The molecule has 0 aliphatic carbocycles. The second-order valence-corrected chi connectivity index (χ2v) is 1.50. The van der Waals surface area contributed by atoms with Crippen LogP contribution in [0.4, 0.5) is 0 Å². The van der Waals surface area contributed by atoms with E-state index in [4.69, 9.17) is 19.2 Å². The van der Waals surface area contributed by atoms with Gasteiger partial charge in [-0.3, -0.25) is 0 Å². The van der Waals surface area contributed by atoms with Crippen LogP contribution in [0.5, 0.6) is 0 Å². The summed E-state index contributed by atoms with van der Waals surface area (Å²) in [4.78, 5) is 34.3. The topological polar surface area (TPSA) is 92.2 Å². The molecule has 0 amide bonds. The number of hydrogen-bond acceptors (Lipinski definition) is 4. The molecular formula is H4Ca2Mg2O4Si. The third kappa shape index (κ3) is 73.3. The van der Waals surface area contributed by atoms with Gasteiger partial charge in [-0.2, -0.15) is 0 Å². The van der Waals surface area contributed by atoms with E-state index in [0.29, 0.717) is 0 Å². The van der Waals surface area contributed by atoms with Crippen molar-refractivity contribution < 1.29 is 24.9 Å². The summed E-state index contributed by atoms with van der Waals surface area (Å²) in [5.41, 5.74) is 0. The zero-order valence-electron chi connectivity index (χ0n) is 8.96. The van der Waals surface area contributed by atoms with Crippen LogP contribution in [0.1, 0.15) is 5.71 Å². The first-order chi connectivity index (χ1) is 2.00. The van der Waals surface area contributed by atoms with Crippen LogP contribution in [0.2, 0.25) is 0 Å². The predicted octanol–water partition coefficient (Wildman–Crippen LogP) is -6.21. The van der Waals surface area contributed by atoms with Gasteiger partial charge in [0.2, 0.25) is 0 Å². The molecule has 0 bridgehead atoms. The van der Waals surface area contributed by atoms with E-state index in [0.717, 1.165) is 0 Å². The molecule has 0 fully saturated rings. The van der Waals surface area contributed by atoms with E-state index in [1.165, 1.54) is 0 Å². The molecule has 0 atom stereocenters. The first kappa shape index (κ1) is 29.2. The minimum Gasteiger partial charge on any atom is -1.00 e. The maximum atomic E-state index is 8.58. The molecule has 0 radical (unpaired) electrons. The summed E-state index contributed by atoms with van der Waals surface area (Å²) in [6.07, 6.45) is 0. The Kier molecular flexibility index (Phi) is 47.5. The first-order valence-corrected chi connectivity index (χ1v) is 2.45. The third-order valence-corrected chi connectivity index (χ3v) is 0. The van der Waals surface area contributed by atoms with Gasteiger partial charge >= 0.3 is 122 Å². The van der Waals surface area contributed by atoms with E-state index >= 15 is 0 Å². The van der Waals surface area contributed by atoms with Gasteiger partial charge in [-0.1, -0.05) is 0 Å². The summed E-state index contributed by atoms with van der Waals surface area (Å²) in [6, 6.07) is 0. The third-order valence-electron chi connectivity index (χ3n) is 0. The second-order valence-electron chi connectivity index (χ2n) is 0.500. The molecule has 40 valence electrons. The van der Waals surface area contributed by atoms with Crippen LogP contribution in [0, 0.1) is 0 Å². The Bertz CT molecular complexity index is 43.6. The van der Waals surface area contributed by atoms with E-state index in [2.05, 4.69) is 0 Å². The molecule has 4 nitrogen and oxygen atoms in total. The predicted molar refractivity (Wildman–Crippen MR) is 33.2 cm³/mol. The van der Waals surface area contributed by atoms with Crippen molar-refractivity contribution in [3.63, 3.8) is 0 Å². The van der Waals surface area contributed by atoms with Crippen molar-refractivity contribution in [2.45, 2.75) is 0 Å². The van der Waals surface area contributed by atoms with Gasteiger partial charge < -0.3 is 33.9 Å². The summed E-state index contributed by atoms with van der Waals surface area (Å²) in [7, 11) is -5.61. The molecule has 0 heterocycles. The first-order valence-electron chi connectivity index (χ1n) is 0.816. The summed E-state index contributed by atoms with van der Waals surface area (Å²) in [5, 5.41) is 0. The van der Waals surface area contributed by atoms with Crippen molar-refractivity contribution >= 4 is 131 Å². The van der Waals surface area contributed by atoms with Crippen LogP contribution in [0.25, 0.3) is 0 Å². The Morgan fingerprint density at radius 3 is 0.778 bits per heavy atom. The SMILES string of the molecule is [Ca+2].[Ca+2].[H-].[H-].[H-].[H-].[Mg+2].[Mg+2].[O-][Si]([O-])([O-])[O-]. The van der Waals surface area contributed by atoms with Gasteiger partial charge in [0.05, 0.1) is 0 Å². The monoisotopic (exact) mass is 224 g/mol. The molecule has 0 aliphatic rings. The van der Waals surface area contributed by atoms with Crippen molar-refractivity contribution in [1.82, 2.24) is 0 Å². The molecule has 0 aromatic rings. The molecular weight excluding hydrogens is 221 g/mol. The summed E-state index contributed by atoms with van der Waals surface area (Å²) < 4.78 is 0. The Labute approximate surface area is 152 Å². The molecule has 9 heteroatoms. The van der Waals surface area contributed by atoms with Gasteiger partial charge in [0.25, 0.3) is 0 Å². The Morgan fingerprint density at radius 1 is 0.778 bits per heavy atom. The fraction of sp³-hybridized carbons (Fsp3) is 0. The van der Waals surface area contributed by atoms with Crippen molar-refractivity contribution in [3.05, 3.63) is 0 Å². The summed E-state index contributed by atoms with van der Waals surface area (Å²) in [6.45, 7) is 0. The zero-order valence-corrected chi connectivity index (χ0v) is 13.2. The van der Waals surface area contributed by atoms with E-state index in [1.54, 1.807) is 0 Å². The molecule has 0 spiro atoms. The Balaban J connectivity index is -0.00000000286. The minimum absolute atomic E-state index is 0. The van der Waals surface area contributed by atoms with Gasteiger partial charge in [0.1, 0.15) is 0 Å². The van der Waals surface area contributed by atoms with E-state index in [9.17, 15) is 0 Å². The van der Waals surface area contributed by atoms with Crippen LogP contribution in [0.3, 0.4) is 0 Å². The standard InChI is InChI=1S/2Ca.2Mg.O4Si.4H/c;;;;1-5(2,3)4;;;;/q4*+2;-4;4*-1. The zero-order chi connectivity index (χ0) is 4.50. The van der Waals surface area contributed by atoms with Crippen molar-refractivity contribution in [3.8, 4) is 0 Å². The van der Waals surface area contributed by atoms with E-state index in [1.807, 2.05) is 0 Å². The molecule has 0 saturated heterocycles. The largest absolute Gasteiger partial charge is 2.00 e. The summed E-state index contributed by atoms with van der Waals surface area (Å²) in [5.74, 6) is 0. The van der Waals surface area contributed by atoms with E-state index in [-0.39, 0.29) is 127 Å². The number of hydrogen-bond donors (Lipinski definition) is 0. The molecule has 0 aromatic heterocycles. The maximum absolute atomic E-state index is 8.58. The fourth-order valence-corrected chi connectivity index (χ4v) is 0. The van der Waals surface area contributed by atoms with Crippen LogP contribution in [-0.4, -0.2) is 131 Å². The van der Waals surface area contributed by atoms with Crippen LogP contribution in [0.15, 0.2) is 0 Å². The molecule has 9 heavy (non-hydrogen) atoms. The van der Waals surface area contributed by atoms with Gasteiger partial charge in [-0.05, 0) is 0 Å². The van der Waals surface area contributed by atoms with Crippen molar-refractivity contribution in [1.29, 1.82) is 0 Å². The quantitative estimate of drug-likeness (QED) is 0.383. The normalized spacial score (nSPS) is 6.67. The molecule has 0 saturated carbocycles. The fourth-order valence-electron chi connectivity index (χ4n) is 0. The second kappa shape index (κ2) is 14.6. The maximum Gasteiger partial charge on any atom is 2.00 e. The molecule has 0 N–H and O–H groups in total. The Hall–Kier alpha value is 4.11. The summed E-state index contributed by atoms with van der Waals surface area (Å²) >= 11 is 0. The van der Waals surface area contributed by atoms with Crippen LogP contribution >= 0.6 is 0 Å². The van der Waals surface area contributed by atoms with Crippen molar-refractivity contribution in [2.75, 3.05) is 0 Å². The Morgan fingerprint density at radius 2 is 0.778 bits per heavy atom.